The SMILES string of the molecule is COc1ccc(-c2nn3c([n+]2-c2ccccc2)SCC3CI)cc1. The zero-order valence-corrected chi connectivity index (χ0v) is 16.2. The van der Waals surface area contributed by atoms with Crippen molar-refractivity contribution in [2.24, 2.45) is 0 Å². The molecule has 0 amide bonds. The summed E-state index contributed by atoms with van der Waals surface area (Å²) in [6.07, 6.45) is 0. The summed E-state index contributed by atoms with van der Waals surface area (Å²) in [5.41, 5.74) is 2.24. The van der Waals surface area contributed by atoms with E-state index in [-0.39, 0.29) is 0 Å². The number of hydrogen-bond donors (Lipinski definition) is 0. The number of ether oxygens (including phenoxy) is 1. The first-order valence-corrected chi connectivity index (χ1v) is 10.3. The maximum Gasteiger partial charge on any atom is 0.314 e. The predicted octanol–water partition coefficient (Wildman–Crippen LogP) is 3.92. The van der Waals surface area contributed by atoms with Crippen LogP contribution in [0.15, 0.2) is 59.8 Å². The van der Waals surface area contributed by atoms with E-state index in [2.05, 4.69) is 68.2 Å². The van der Waals surface area contributed by atoms with Crippen molar-refractivity contribution in [2.75, 3.05) is 17.3 Å². The van der Waals surface area contributed by atoms with Crippen molar-refractivity contribution in [3.63, 3.8) is 0 Å². The fourth-order valence-electron chi connectivity index (χ4n) is 2.84. The summed E-state index contributed by atoms with van der Waals surface area (Å²) in [7, 11) is 1.69. The van der Waals surface area contributed by atoms with Gasteiger partial charge in [-0.2, -0.15) is 4.57 Å². The van der Waals surface area contributed by atoms with Gasteiger partial charge in [0.05, 0.1) is 12.7 Å². The molecule has 2 aromatic carbocycles. The van der Waals surface area contributed by atoms with Gasteiger partial charge in [-0.05, 0) is 48.2 Å². The highest BCUT2D eigenvalue weighted by Gasteiger charge is 2.38. The van der Waals surface area contributed by atoms with Crippen LogP contribution >= 0.6 is 34.4 Å². The largest absolute Gasteiger partial charge is 0.497 e. The van der Waals surface area contributed by atoms with Gasteiger partial charge in [0, 0.05) is 15.3 Å². The molecular weight excluding hydrogens is 433 g/mol. The van der Waals surface area contributed by atoms with E-state index < -0.39 is 0 Å². The molecule has 1 unspecified atom stereocenters. The van der Waals surface area contributed by atoms with Gasteiger partial charge >= 0.3 is 11.0 Å². The Morgan fingerprint density at radius 1 is 1.21 bits per heavy atom. The van der Waals surface area contributed by atoms with Gasteiger partial charge in [0.15, 0.2) is 0 Å². The van der Waals surface area contributed by atoms with Crippen LogP contribution in [0.3, 0.4) is 0 Å². The van der Waals surface area contributed by atoms with Crippen LogP contribution in [0.1, 0.15) is 6.04 Å². The van der Waals surface area contributed by atoms with Crippen LogP contribution in [-0.4, -0.2) is 27.1 Å². The van der Waals surface area contributed by atoms with Gasteiger partial charge in [0.1, 0.15) is 17.5 Å². The Bertz CT molecular complexity index is 849. The molecule has 6 heteroatoms. The molecule has 1 aliphatic heterocycles. The summed E-state index contributed by atoms with van der Waals surface area (Å²) in [5, 5.41) is 6.16. The first kappa shape index (κ1) is 16.0. The summed E-state index contributed by atoms with van der Waals surface area (Å²) in [4.78, 5) is 0. The summed E-state index contributed by atoms with van der Waals surface area (Å²) in [5.74, 6) is 2.92. The molecule has 1 atom stereocenters. The second-order valence-electron chi connectivity index (χ2n) is 5.57. The Morgan fingerprint density at radius 3 is 2.62 bits per heavy atom. The molecular formula is C18H17IN3OS+. The van der Waals surface area contributed by atoms with Crippen molar-refractivity contribution in [2.45, 2.75) is 11.2 Å². The number of nitrogens with zero attached hydrogens (tertiary/aromatic N) is 3. The Morgan fingerprint density at radius 2 is 1.96 bits per heavy atom. The molecule has 1 aromatic heterocycles. The van der Waals surface area contributed by atoms with E-state index in [1.165, 1.54) is 5.16 Å². The van der Waals surface area contributed by atoms with E-state index in [0.717, 1.165) is 33.0 Å². The highest BCUT2D eigenvalue weighted by Crippen LogP contribution is 2.34. The molecule has 4 rings (SSSR count). The molecule has 0 bridgehead atoms. The molecule has 0 fully saturated rings. The lowest BCUT2D eigenvalue weighted by molar-refractivity contribution is -0.626. The topological polar surface area (TPSA) is 30.9 Å². The third kappa shape index (κ3) is 2.71. The van der Waals surface area contributed by atoms with Gasteiger partial charge in [0.2, 0.25) is 0 Å². The molecule has 4 nitrogen and oxygen atoms in total. The van der Waals surface area contributed by atoms with Gasteiger partial charge in [0.25, 0.3) is 0 Å². The van der Waals surface area contributed by atoms with Crippen LogP contribution in [0.5, 0.6) is 5.75 Å². The van der Waals surface area contributed by atoms with Crippen molar-refractivity contribution in [3.8, 4) is 22.8 Å². The third-order valence-electron chi connectivity index (χ3n) is 4.09. The van der Waals surface area contributed by atoms with Crippen LogP contribution in [0.2, 0.25) is 0 Å². The number of para-hydroxylation sites is 1. The first-order valence-electron chi connectivity index (χ1n) is 7.75. The lowest BCUT2D eigenvalue weighted by atomic mass is 10.2. The molecule has 2 heterocycles. The maximum absolute atomic E-state index is 5.28. The highest BCUT2D eigenvalue weighted by atomic mass is 127. The lowest BCUT2D eigenvalue weighted by Crippen LogP contribution is -2.33. The average Bonchev–Trinajstić information content (AvgIpc) is 3.21. The minimum atomic E-state index is 0.451. The minimum absolute atomic E-state index is 0.451. The number of benzene rings is 2. The van der Waals surface area contributed by atoms with Crippen LogP contribution in [0, 0.1) is 0 Å². The number of fused-ring (bicyclic) bond motifs is 1. The zero-order chi connectivity index (χ0) is 16.5. The average molecular weight is 450 g/mol. The van der Waals surface area contributed by atoms with Crippen LogP contribution in [0.25, 0.3) is 17.1 Å². The Hall–Kier alpha value is -1.54. The van der Waals surface area contributed by atoms with E-state index in [9.17, 15) is 0 Å². The van der Waals surface area contributed by atoms with Crippen molar-refractivity contribution in [1.82, 2.24) is 9.78 Å². The Kier molecular flexibility index (Phi) is 4.49. The van der Waals surface area contributed by atoms with Gasteiger partial charge in [-0.15, -0.1) is 0 Å². The van der Waals surface area contributed by atoms with Gasteiger partial charge in [-0.3, -0.25) is 0 Å². The van der Waals surface area contributed by atoms with Crippen molar-refractivity contribution in [1.29, 1.82) is 0 Å². The van der Waals surface area contributed by atoms with Crippen LogP contribution < -0.4 is 9.30 Å². The number of hydrogen-bond acceptors (Lipinski definition) is 3. The quantitative estimate of drug-likeness (QED) is 0.343. The molecule has 1 aliphatic rings. The predicted molar refractivity (Wildman–Crippen MR) is 104 cm³/mol. The lowest BCUT2D eigenvalue weighted by Gasteiger charge is -2.03. The molecule has 122 valence electrons. The smallest absolute Gasteiger partial charge is 0.314 e. The molecule has 0 aliphatic carbocycles. The highest BCUT2D eigenvalue weighted by molar-refractivity contribution is 14.1. The van der Waals surface area contributed by atoms with Crippen molar-refractivity contribution < 1.29 is 9.30 Å². The Balaban J connectivity index is 1.90. The molecule has 0 radical (unpaired) electrons. The summed E-state index contributed by atoms with van der Waals surface area (Å²) in [6.45, 7) is 0. The second-order valence-corrected chi connectivity index (χ2v) is 7.44. The van der Waals surface area contributed by atoms with Crippen molar-refractivity contribution in [3.05, 3.63) is 54.6 Å². The molecule has 0 spiro atoms. The van der Waals surface area contributed by atoms with E-state index >= 15 is 0 Å². The van der Waals surface area contributed by atoms with Crippen LogP contribution in [0.4, 0.5) is 0 Å². The van der Waals surface area contributed by atoms with E-state index in [1.807, 2.05) is 30.0 Å². The monoisotopic (exact) mass is 450 g/mol. The molecule has 3 aromatic rings. The molecule has 0 saturated carbocycles. The maximum atomic E-state index is 5.28. The number of halogens is 1. The summed E-state index contributed by atoms with van der Waals surface area (Å²) in [6, 6.07) is 19.0. The first-order chi connectivity index (χ1) is 11.8. The fourth-order valence-corrected chi connectivity index (χ4v) is 5.19. The van der Waals surface area contributed by atoms with E-state index in [0.29, 0.717) is 6.04 Å². The third-order valence-corrected chi connectivity index (χ3v) is 6.29. The number of rotatable bonds is 4. The summed E-state index contributed by atoms with van der Waals surface area (Å²) >= 11 is 4.33. The van der Waals surface area contributed by atoms with Gasteiger partial charge in [-0.1, -0.05) is 45.5 Å². The normalized spacial score (nSPS) is 16.2. The van der Waals surface area contributed by atoms with Crippen LogP contribution in [-0.2, 0) is 0 Å². The number of methoxy groups -OCH3 is 1. The van der Waals surface area contributed by atoms with E-state index in [1.54, 1.807) is 7.11 Å². The number of thioether (sulfide) groups is 1. The zero-order valence-electron chi connectivity index (χ0n) is 13.2. The van der Waals surface area contributed by atoms with Gasteiger partial charge < -0.3 is 4.74 Å². The second kappa shape index (κ2) is 6.76. The molecule has 24 heavy (non-hydrogen) atoms. The number of alkyl halides is 1. The number of aromatic nitrogens is 3. The molecule has 0 saturated heterocycles. The van der Waals surface area contributed by atoms with Gasteiger partial charge in [-0.25, -0.2) is 0 Å². The standard InChI is InChI=1S/C18H17IN3OS/c1-23-16-9-7-13(8-10-16)17-20-22-15(11-19)12-24-18(22)21(17)14-5-3-2-4-6-14/h2-10,15H,11-12H2,1H3/q+1. The van der Waals surface area contributed by atoms with E-state index in [4.69, 9.17) is 9.84 Å². The fraction of sp³-hybridized carbons (Fsp3) is 0.222. The molecule has 0 N–H and O–H groups in total. The minimum Gasteiger partial charge on any atom is -0.497 e. The Labute approximate surface area is 159 Å². The van der Waals surface area contributed by atoms with Crippen molar-refractivity contribution >= 4 is 34.4 Å². The summed E-state index contributed by atoms with van der Waals surface area (Å²) < 4.78 is 10.8.